The molecule has 1 aromatic carbocycles. The van der Waals surface area contributed by atoms with Gasteiger partial charge in [0.1, 0.15) is 11.6 Å². The molecule has 0 spiro atoms. The minimum absolute atomic E-state index is 0.147. The van der Waals surface area contributed by atoms with Crippen LogP contribution in [0.15, 0.2) is 18.2 Å². The van der Waals surface area contributed by atoms with Gasteiger partial charge in [-0.3, -0.25) is 0 Å². The van der Waals surface area contributed by atoms with Crippen LogP contribution in [0.3, 0.4) is 0 Å². The molecule has 0 fully saturated rings. The fraction of sp³-hybridized carbons (Fsp3) is 0.200. The van der Waals surface area contributed by atoms with E-state index in [1.54, 1.807) is 6.92 Å². The Kier molecular flexibility index (Phi) is 3.35. The number of rotatable bonds is 2. The first kappa shape index (κ1) is 14.5. The van der Waals surface area contributed by atoms with Gasteiger partial charge in [-0.25, -0.2) is 27.2 Å². The van der Waals surface area contributed by atoms with Crippen molar-refractivity contribution in [2.24, 2.45) is 0 Å². The smallest absolute Gasteiger partial charge is 0.166 e. The number of nitrogens with zero attached hydrogens (tertiary/aromatic N) is 3. The maximum absolute atomic E-state index is 13.8. The highest BCUT2D eigenvalue weighted by atomic mass is 19.2. The van der Waals surface area contributed by atoms with Gasteiger partial charge < -0.3 is 0 Å². The van der Waals surface area contributed by atoms with Crippen molar-refractivity contribution in [2.45, 2.75) is 20.4 Å². The predicted molar refractivity (Wildman–Crippen MR) is 72.4 cm³/mol. The molecule has 2 aromatic heterocycles. The summed E-state index contributed by atoms with van der Waals surface area (Å²) in [5.74, 6) is -3.77. The molecule has 7 heteroatoms. The second-order valence-corrected chi connectivity index (χ2v) is 4.99. The zero-order valence-electron chi connectivity index (χ0n) is 11.8. The molecule has 0 radical (unpaired) electrons. The molecule has 22 heavy (non-hydrogen) atoms. The molecule has 0 aliphatic carbocycles. The number of aromatic nitrogens is 3. The van der Waals surface area contributed by atoms with Crippen molar-refractivity contribution in [1.29, 1.82) is 0 Å². The Balaban J connectivity index is 2.16. The van der Waals surface area contributed by atoms with Crippen molar-refractivity contribution >= 4 is 11.0 Å². The zero-order chi connectivity index (χ0) is 16.0. The first-order valence-electron chi connectivity index (χ1n) is 6.51. The second kappa shape index (κ2) is 5.08. The summed E-state index contributed by atoms with van der Waals surface area (Å²) in [6.45, 7) is 2.77. The maximum Gasteiger partial charge on any atom is 0.166 e. The van der Waals surface area contributed by atoms with Crippen molar-refractivity contribution in [3.05, 3.63) is 58.4 Å². The number of aryl methyl sites for hydroxylation is 2. The van der Waals surface area contributed by atoms with Gasteiger partial charge in [-0.1, -0.05) is 0 Å². The molecule has 0 saturated heterocycles. The first-order valence-corrected chi connectivity index (χ1v) is 6.51. The Bertz CT molecular complexity index is 886. The third-order valence-corrected chi connectivity index (χ3v) is 3.48. The van der Waals surface area contributed by atoms with Crippen molar-refractivity contribution in [3.8, 4) is 0 Å². The maximum atomic E-state index is 13.8. The molecule has 0 aliphatic rings. The number of pyridine rings is 1. The highest BCUT2D eigenvalue weighted by Gasteiger charge is 2.18. The Morgan fingerprint density at radius 3 is 2.36 bits per heavy atom. The lowest BCUT2D eigenvalue weighted by Crippen LogP contribution is -2.08. The standard InChI is InChI=1S/C15H11F4N3/c1-7-9-5-13(18)8(2)20-15(9)22(21-7)6-10-11(16)3-4-12(17)14(10)19/h3-5H,6H2,1-2H3. The summed E-state index contributed by atoms with van der Waals surface area (Å²) < 4.78 is 55.6. The molecule has 0 N–H and O–H groups in total. The summed E-state index contributed by atoms with van der Waals surface area (Å²) in [5, 5.41) is 4.56. The lowest BCUT2D eigenvalue weighted by Gasteiger charge is -2.07. The molecule has 2 heterocycles. The second-order valence-electron chi connectivity index (χ2n) is 4.99. The fourth-order valence-corrected chi connectivity index (χ4v) is 2.29. The quantitative estimate of drug-likeness (QED) is 0.534. The molecular formula is C15H11F4N3. The first-order chi connectivity index (χ1) is 10.4. The number of halogens is 4. The van der Waals surface area contributed by atoms with Gasteiger partial charge in [0.15, 0.2) is 17.3 Å². The van der Waals surface area contributed by atoms with E-state index < -0.39 is 28.8 Å². The van der Waals surface area contributed by atoms with E-state index in [0.29, 0.717) is 16.7 Å². The van der Waals surface area contributed by atoms with Crippen LogP contribution in [0.25, 0.3) is 11.0 Å². The summed E-state index contributed by atoms with van der Waals surface area (Å²) >= 11 is 0. The number of fused-ring (bicyclic) bond motifs is 1. The summed E-state index contributed by atoms with van der Waals surface area (Å²) in [6.07, 6.45) is 0. The van der Waals surface area contributed by atoms with E-state index in [0.717, 1.165) is 12.1 Å². The highest BCUT2D eigenvalue weighted by Crippen LogP contribution is 2.22. The van der Waals surface area contributed by atoms with E-state index >= 15 is 0 Å². The van der Waals surface area contributed by atoms with E-state index in [1.165, 1.54) is 17.7 Å². The van der Waals surface area contributed by atoms with Gasteiger partial charge in [-0.15, -0.1) is 0 Å². The third kappa shape index (κ3) is 2.22. The molecule has 3 aromatic rings. The van der Waals surface area contributed by atoms with E-state index in [9.17, 15) is 17.6 Å². The molecule has 114 valence electrons. The number of benzene rings is 1. The molecule has 3 rings (SSSR count). The lowest BCUT2D eigenvalue weighted by molar-refractivity contribution is 0.471. The largest absolute Gasteiger partial charge is 0.242 e. The summed E-state index contributed by atoms with van der Waals surface area (Å²) in [5.41, 5.74) is 0.458. The summed E-state index contributed by atoms with van der Waals surface area (Å²) in [7, 11) is 0. The van der Waals surface area contributed by atoms with Crippen LogP contribution < -0.4 is 0 Å². The van der Waals surface area contributed by atoms with Crippen LogP contribution in [-0.4, -0.2) is 14.8 Å². The topological polar surface area (TPSA) is 30.7 Å². The normalized spacial score (nSPS) is 11.4. The van der Waals surface area contributed by atoms with Crippen LogP contribution in [0.4, 0.5) is 17.6 Å². The van der Waals surface area contributed by atoms with Crippen LogP contribution in [0.5, 0.6) is 0 Å². The molecule has 0 amide bonds. The Hall–Kier alpha value is -2.44. The highest BCUT2D eigenvalue weighted by molar-refractivity contribution is 5.78. The average molecular weight is 309 g/mol. The Morgan fingerprint density at radius 2 is 1.64 bits per heavy atom. The molecule has 0 unspecified atom stereocenters. The summed E-state index contributed by atoms with van der Waals surface area (Å²) in [4.78, 5) is 4.06. The van der Waals surface area contributed by atoms with E-state index in [1.807, 2.05) is 0 Å². The van der Waals surface area contributed by atoms with Crippen LogP contribution in [0, 0.1) is 37.1 Å². The minimum atomic E-state index is -1.26. The Morgan fingerprint density at radius 1 is 0.955 bits per heavy atom. The number of hydrogen-bond acceptors (Lipinski definition) is 2. The van der Waals surface area contributed by atoms with E-state index in [2.05, 4.69) is 10.1 Å². The van der Waals surface area contributed by atoms with Crippen LogP contribution >= 0.6 is 0 Å². The van der Waals surface area contributed by atoms with Gasteiger partial charge in [-0.2, -0.15) is 5.10 Å². The van der Waals surface area contributed by atoms with E-state index in [4.69, 9.17) is 0 Å². The molecule has 0 bridgehead atoms. The fourth-order valence-electron chi connectivity index (χ4n) is 2.29. The van der Waals surface area contributed by atoms with Crippen molar-refractivity contribution in [2.75, 3.05) is 0 Å². The summed E-state index contributed by atoms with van der Waals surface area (Å²) in [6, 6.07) is 2.85. The van der Waals surface area contributed by atoms with Gasteiger partial charge in [0.25, 0.3) is 0 Å². The zero-order valence-corrected chi connectivity index (χ0v) is 11.8. The average Bonchev–Trinajstić information content (AvgIpc) is 2.76. The minimum Gasteiger partial charge on any atom is -0.242 e. The van der Waals surface area contributed by atoms with Gasteiger partial charge in [0, 0.05) is 10.9 Å². The van der Waals surface area contributed by atoms with Crippen LogP contribution in [-0.2, 0) is 6.54 Å². The lowest BCUT2D eigenvalue weighted by atomic mass is 10.2. The SMILES string of the molecule is Cc1nc2c(cc1F)c(C)nn2Cc1c(F)ccc(F)c1F. The van der Waals surface area contributed by atoms with Crippen molar-refractivity contribution in [1.82, 2.24) is 14.8 Å². The monoisotopic (exact) mass is 309 g/mol. The van der Waals surface area contributed by atoms with Gasteiger partial charge >= 0.3 is 0 Å². The van der Waals surface area contributed by atoms with Crippen molar-refractivity contribution in [3.63, 3.8) is 0 Å². The van der Waals surface area contributed by atoms with Crippen molar-refractivity contribution < 1.29 is 17.6 Å². The molecule has 0 aliphatic heterocycles. The molecule has 0 atom stereocenters. The third-order valence-electron chi connectivity index (χ3n) is 3.48. The molecule has 0 saturated carbocycles. The Labute approximate surface area is 123 Å². The number of hydrogen-bond donors (Lipinski definition) is 0. The van der Waals surface area contributed by atoms with Gasteiger partial charge in [0.05, 0.1) is 17.9 Å². The van der Waals surface area contributed by atoms with Gasteiger partial charge in [0.2, 0.25) is 0 Å². The van der Waals surface area contributed by atoms with Crippen LogP contribution in [0.2, 0.25) is 0 Å². The van der Waals surface area contributed by atoms with E-state index in [-0.39, 0.29) is 12.2 Å². The molecule has 3 nitrogen and oxygen atoms in total. The predicted octanol–water partition coefficient (Wildman–Crippen LogP) is 3.65. The molecular weight excluding hydrogens is 298 g/mol. The van der Waals surface area contributed by atoms with Crippen LogP contribution in [0.1, 0.15) is 17.0 Å². The van der Waals surface area contributed by atoms with Gasteiger partial charge in [-0.05, 0) is 32.0 Å².